The van der Waals surface area contributed by atoms with Gasteiger partial charge in [0.15, 0.2) is 0 Å². The van der Waals surface area contributed by atoms with E-state index < -0.39 is 5.91 Å². The van der Waals surface area contributed by atoms with Crippen molar-refractivity contribution in [2.24, 2.45) is 5.73 Å². The molecule has 2 rings (SSSR count). The van der Waals surface area contributed by atoms with Crippen LogP contribution in [0.5, 0.6) is 0 Å². The van der Waals surface area contributed by atoms with Gasteiger partial charge in [0.1, 0.15) is 11.5 Å². The summed E-state index contributed by atoms with van der Waals surface area (Å²) < 4.78 is 5.36. The van der Waals surface area contributed by atoms with E-state index in [1.807, 2.05) is 18.2 Å². The van der Waals surface area contributed by atoms with Gasteiger partial charge in [0.2, 0.25) is 5.91 Å². The van der Waals surface area contributed by atoms with E-state index in [1.165, 1.54) is 11.8 Å². The van der Waals surface area contributed by atoms with E-state index in [4.69, 9.17) is 10.2 Å². The Morgan fingerprint density at radius 3 is 2.62 bits per heavy atom. The lowest BCUT2D eigenvalue weighted by atomic mass is 10.2. The quantitative estimate of drug-likeness (QED) is 0.832. The number of nitrogens with two attached hydrogens (primary N) is 1. The summed E-state index contributed by atoms with van der Waals surface area (Å²) in [5.74, 6) is 0.789. The molecule has 2 amide bonds. The first-order valence-electron chi connectivity index (χ1n) is 6.36. The Kier molecular flexibility index (Phi) is 4.70. The average Bonchev–Trinajstić information content (AvgIpc) is 2.76. The van der Waals surface area contributed by atoms with Crippen LogP contribution in [0.4, 0.5) is 5.69 Å². The number of benzene rings is 1. The first-order valence-corrected chi connectivity index (χ1v) is 7.34. The number of anilines is 1. The molecule has 6 heteroatoms. The Morgan fingerprint density at radius 2 is 2.00 bits per heavy atom. The molecule has 0 aliphatic rings. The number of hydrogen-bond acceptors (Lipinski definition) is 4. The van der Waals surface area contributed by atoms with Gasteiger partial charge in [-0.15, -0.1) is 11.8 Å². The van der Waals surface area contributed by atoms with Crippen LogP contribution in [0, 0.1) is 13.8 Å². The number of amides is 2. The lowest BCUT2D eigenvalue weighted by Crippen LogP contribution is -2.14. The van der Waals surface area contributed by atoms with Crippen molar-refractivity contribution in [1.82, 2.24) is 0 Å². The van der Waals surface area contributed by atoms with E-state index in [-0.39, 0.29) is 11.7 Å². The Balaban J connectivity index is 2.17. The van der Waals surface area contributed by atoms with E-state index in [0.717, 1.165) is 4.90 Å². The Morgan fingerprint density at radius 1 is 1.29 bits per heavy atom. The zero-order valence-corrected chi connectivity index (χ0v) is 12.6. The molecule has 110 valence electrons. The molecule has 21 heavy (non-hydrogen) atoms. The van der Waals surface area contributed by atoms with Crippen molar-refractivity contribution in [3.63, 3.8) is 0 Å². The fourth-order valence-corrected chi connectivity index (χ4v) is 2.64. The zero-order valence-electron chi connectivity index (χ0n) is 11.8. The van der Waals surface area contributed by atoms with Crippen LogP contribution in [0.2, 0.25) is 0 Å². The van der Waals surface area contributed by atoms with Crippen LogP contribution in [-0.2, 0) is 4.79 Å². The van der Waals surface area contributed by atoms with E-state index in [0.29, 0.717) is 22.8 Å². The highest BCUT2D eigenvalue weighted by atomic mass is 32.2. The van der Waals surface area contributed by atoms with Gasteiger partial charge in [-0.3, -0.25) is 9.59 Å². The fourth-order valence-electron chi connectivity index (χ4n) is 1.89. The normalized spacial score (nSPS) is 10.4. The maximum Gasteiger partial charge on any atom is 0.259 e. The summed E-state index contributed by atoms with van der Waals surface area (Å²) in [4.78, 5) is 23.9. The molecule has 0 spiro atoms. The Labute approximate surface area is 126 Å². The number of thioether (sulfide) groups is 1. The molecule has 0 fully saturated rings. The van der Waals surface area contributed by atoms with Gasteiger partial charge in [-0.25, -0.2) is 0 Å². The molecule has 0 aliphatic heterocycles. The molecule has 1 aromatic carbocycles. The number of carbonyl (C=O) groups excluding carboxylic acids is 2. The standard InChI is InChI=1S/C15H16N2O3S/c1-9-7-11(10(2)20-9)15(19)17-12-5-3-4-6-13(12)21-8-14(16)18/h3-7H,8H2,1-2H3,(H2,16,18)(H,17,19). The number of carbonyl (C=O) groups is 2. The van der Waals surface area contributed by atoms with Gasteiger partial charge in [-0.2, -0.15) is 0 Å². The van der Waals surface area contributed by atoms with Crippen molar-refractivity contribution in [1.29, 1.82) is 0 Å². The predicted molar refractivity (Wildman–Crippen MR) is 82.5 cm³/mol. The van der Waals surface area contributed by atoms with Crippen molar-refractivity contribution in [3.05, 3.63) is 47.4 Å². The molecule has 1 heterocycles. The van der Waals surface area contributed by atoms with E-state index in [2.05, 4.69) is 5.32 Å². The minimum Gasteiger partial charge on any atom is -0.466 e. The van der Waals surface area contributed by atoms with Gasteiger partial charge >= 0.3 is 0 Å². The van der Waals surface area contributed by atoms with Crippen molar-refractivity contribution < 1.29 is 14.0 Å². The van der Waals surface area contributed by atoms with Crippen LogP contribution >= 0.6 is 11.8 Å². The molecule has 5 nitrogen and oxygen atoms in total. The van der Waals surface area contributed by atoms with Gasteiger partial charge < -0.3 is 15.5 Å². The maximum atomic E-state index is 12.3. The first kappa shape index (κ1) is 15.2. The van der Waals surface area contributed by atoms with Crippen LogP contribution < -0.4 is 11.1 Å². The van der Waals surface area contributed by atoms with E-state index in [9.17, 15) is 9.59 Å². The van der Waals surface area contributed by atoms with Gasteiger partial charge in [0.25, 0.3) is 5.91 Å². The second-order valence-corrected chi connectivity index (χ2v) is 5.55. The zero-order chi connectivity index (χ0) is 15.4. The number of hydrogen-bond donors (Lipinski definition) is 2. The number of furan rings is 1. The molecular weight excluding hydrogens is 288 g/mol. The monoisotopic (exact) mass is 304 g/mol. The summed E-state index contributed by atoms with van der Waals surface area (Å²) in [6, 6.07) is 8.97. The summed E-state index contributed by atoms with van der Waals surface area (Å²) in [7, 11) is 0. The molecule has 1 aromatic heterocycles. The number of aryl methyl sites for hydroxylation is 2. The van der Waals surface area contributed by atoms with Gasteiger partial charge in [0, 0.05) is 4.90 Å². The number of nitrogens with one attached hydrogen (secondary N) is 1. The molecule has 0 bridgehead atoms. The molecule has 3 N–H and O–H groups in total. The van der Waals surface area contributed by atoms with E-state index in [1.54, 1.807) is 26.0 Å². The third-order valence-electron chi connectivity index (χ3n) is 2.79. The number of rotatable bonds is 5. The molecule has 0 radical (unpaired) electrons. The summed E-state index contributed by atoms with van der Waals surface area (Å²) >= 11 is 1.29. The second kappa shape index (κ2) is 6.49. The molecule has 0 saturated heterocycles. The van der Waals surface area contributed by atoms with Crippen molar-refractivity contribution in [3.8, 4) is 0 Å². The molecule has 0 saturated carbocycles. The SMILES string of the molecule is Cc1cc(C(=O)Nc2ccccc2SCC(N)=O)c(C)o1. The average molecular weight is 304 g/mol. The number of para-hydroxylation sites is 1. The highest BCUT2D eigenvalue weighted by Crippen LogP contribution is 2.27. The van der Waals surface area contributed by atoms with Crippen molar-refractivity contribution in [2.45, 2.75) is 18.7 Å². The molecular formula is C15H16N2O3S. The first-order chi connectivity index (χ1) is 9.97. The summed E-state index contributed by atoms with van der Waals surface area (Å²) in [6.07, 6.45) is 0. The van der Waals surface area contributed by atoms with Crippen LogP contribution in [0.15, 0.2) is 39.6 Å². The topological polar surface area (TPSA) is 85.3 Å². The minimum absolute atomic E-state index is 0.163. The fraction of sp³-hybridized carbons (Fsp3) is 0.200. The predicted octanol–water partition coefficient (Wildman–Crippen LogP) is 2.73. The molecule has 2 aromatic rings. The van der Waals surface area contributed by atoms with Crippen molar-refractivity contribution >= 4 is 29.3 Å². The smallest absolute Gasteiger partial charge is 0.259 e. The van der Waals surface area contributed by atoms with Crippen LogP contribution in [0.1, 0.15) is 21.9 Å². The van der Waals surface area contributed by atoms with Gasteiger partial charge in [-0.1, -0.05) is 12.1 Å². The van der Waals surface area contributed by atoms with Gasteiger partial charge in [-0.05, 0) is 32.0 Å². The Hall–Kier alpha value is -2.21. The van der Waals surface area contributed by atoms with Gasteiger partial charge in [0.05, 0.1) is 17.0 Å². The summed E-state index contributed by atoms with van der Waals surface area (Å²) in [5, 5.41) is 2.83. The highest BCUT2D eigenvalue weighted by molar-refractivity contribution is 8.00. The van der Waals surface area contributed by atoms with Crippen molar-refractivity contribution in [2.75, 3.05) is 11.1 Å². The minimum atomic E-state index is -0.401. The maximum absolute atomic E-state index is 12.3. The third kappa shape index (κ3) is 3.88. The summed E-state index contributed by atoms with van der Waals surface area (Å²) in [6.45, 7) is 3.54. The largest absolute Gasteiger partial charge is 0.466 e. The third-order valence-corrected chi connectivity index (χ3v) is 3.89. The van der Waals surface area contributed by atoms with E-state index >= 15 is 0 Å². The second-order valence-electron chi connectivity index (χ2n) is 4.53. The molecule has 0 atom stereocenters. The lowest BCUT2D eigenvalue weighted by Gasteiger charge is -2.09. The van der Waals surface area contributed by atoms with Crippen LogP contribution in [-0.4, -0.2) is 17.6 Å². The van der Waals surface area contributed by atoms with Crippen LogP contribution in [0.3, 0.4) is 0 Å². The Bertz CT molecular complexity index is 679. The van der Waals surface area contributed by atoms with Crippen LogP contribution in [0.25, 0.3) is 0 Å². The number of primary amides is 1. The molecule has 0 unspecified atom stereocenters. The molecule has 0 aliphatic carbocycles. The summed E-state index contributed by atoms with van der Waals surface area (Å²) in [5.41, 5.74) is 6.29. The highest BCUT2D eigenvalue weighted by Gasteiger charge is 2.15. The lowest BCUT2D eigenvalue weighted by molar-refractivity contribution is -0.115.